The Bertz CT molecular complexity index is 197. The van der Waals surface area contributed by atoms with Crippen molar-refractivity contribution >= 4 is 11.5 Å². The topological polar surface area (TPSA) is 51.8 Å². The van der Waals surface area contributed by atoms with Crippen LogP contribution >= 0.6 is 11.5 Å². The molecule has 0 aliphatic carbocycles. The number of alkyl halides is 1. The molecule has 1 aromatic heterocycles. The van der Waals surface area contributed by atoms with Crippen LogP contribution in [0, 0.1) is 0 Å². The molecule has 0 saturated heterocycles. The van der Waals surface area contributed by atoms with Crippen molar-refractivity contribution in [2.45, 2.75) is 12.6 Å². The molecule has 0 saturated carbocycles. The maximum Gasteiger partial charge on any atom is 0.173 e. The summed E-state index contributed by atoms with van der Waals surface area (Å²) in [6, 6.07) is 0. The number of nitrogens with two attached hydrogens (primary N) is 1. The van der Waals surface area contributed by atoms with Gasteiger partial charge in [0.05, 0.1) is 0 Å². The summed E-state index contributed by atoms with van der Waals surface area (Å²) >= 11 is 1.04. The molecule has 5 heteroatoms. The third-order valence-electron chi connectivity index (χ3n) is 1.19. The highest BCUT2D eigenvalue weighted by Crippen LogP contribution is 2.23. The van der Waals surface area contributed by atoms with Gasteiger partial charge in [0.2, 0.25) is 0 Å². The SMILES string of the molecule is CC(F)(CN)c1ncns1. The van der Waals surface area contributed by atoms with E-state index in [0.717, 1.165) is 11.5 Å². The first-order valence-corrected chi connectivity index (χ1v) is 3.60. The molecule has 0 amide bonds. The molecule has 1 rings (SSSR count). The highest BCUT2D eigenvalue weighted by atomic mass is 32.1. The molecule has 10 heavy (non-hydrogen) atoms. The maximum atomic E-state index is 13.2. The molecule has 1 atom stereocenters. The largest absolute Gasteiger partial charge is 0.327 e. The van der Waals surface area contributed by atoms with Gasteiger partial charge in [0.25, 0.3) is 0 Å². The highest BCUT2D eigenvalue weighted by molar-refractivity contribution is 7.05. The van der Waals surface area contributed by atoms with Crippen molar-refractivity contribution in [2.75, 3.05) is 6.54 Å². The minimum absolute atomic E-state index is 0.0534. The Morgan fingerprint density at radius 2 is 2.60 bits per heavy atom. The van der Waals surface area contributed by atoms with E-state index >= 15 is 0 Å². The van der Waals surface area contributed by atoms with Crippen molar-refractivity contribution in [1.29, 1.82) is 0 Å². The van der Waals surface area contributed by atoms with E-state index < -0.39 is 5.67 Å². The number of rotatable bonds is 2. The number of hydrogen-bond donors (Lipinski definition) is 1. The molecule has 0 fully saturated rings. The number of nitrogens with zero attached hydrogens (tertiary/aromatic N) is 2. The van der Waals surface area contributed by atoms with E-state index in [2.05, 4.69) is 9.36 Å². The number of hydrogen-bond acceptors (Lipinski definition) is 4. The molecule has 0 aliphatic rings. The van der Waals surface area contributed by atoms with Crippen LogP contribution in [0.15, 0.2) is 6.33 Å². The van der Waals surface area contributed by atoms with Gasteiger partial charge in [0.1, 0.15) is 6.33 Å². The zero-order valence-corrected chi connectivity index (χ0v) is 6.36. The van der Waals surface area contributed by atoms with E-state index in [-0.39, 0.29) is 6.54 Å². The summed E-state index contributed by atoms with van der Waals surface area (Å²) in [5, 5.41) is 0.343. The molecule has 1 aromatic rings. The van der Waals surface area contributed by atoms with E-state index in [1.54, 1.807) is 0 Å². The summed E-state index contributed by atoms with van der Waals surface area (Å²) in [6.07, 6.45) is 1.33. The molecule has 1 unspecified atom stereocenters. The summed E-state index contributed by atoms with van der Waals surface area (Å²) in [6.45, 7) is 1.34. The first-order valence-electron chi connectivity index (χ1n) is 2.83. The molecule has 2 N–H and O–H groups in total. The fraction of sp³-hybridized carbons (Fsp3) is 0.600. The Hall–Kier alpha value is -0.550. The van der Waals surface area contributed by atoms with Gasteiger partial charge < -0.3 is 5.73 Å². The molecular formula is C5H8FN3S. The lowest BCUT2D eigenvalue weighted by atomic mass is 10.1. The van der Waals surface area contributed by atoms with E-state index in [4.69, 9.17) is 5.73 Å². The lowest BCUT2D eigenvalue weighted by Gasteiger charge is -2.12. The van der Waals surface area contributed by atoms with Crippen molar-refractivity contribution in [1.82, 2.24) is 9.36 Å². The summed E-state index contributed by atoms with van der Waals surface area (Å²) in [4.78, 5) is 3.71. The van der Waals surface area contributed by atoms with Crippen molar-refractivity contribution in [3.05, 3.63) is 11.3 Å². The summed E-state index contributed by atoms with van der Waals surface area (Å²) in [7, 11) is 0. The zero-order chi connectivity index (χ0) is 7.61. The standard InChI is InChI=1S/C5H8FN3S/c1-5(6,2-7)4-8-3-9-10-4/h3H,2,7H2,1H3. The fourth-order valence-electron chi connectivity index (χ4n) is 0.490. The van der Waals surface area contributed by atoms with Crippen molar-refractivity contribution in [3.8, 4) is 0 Å². The lowest BCUT2D eigenvalue weighted by Crippen LogP contribution is -2.26. The summed E-state index contributed by atoms with van der Waals surface area (Å²) in [5.74, 6) is 0. The van der Waals surface area contributed by atoms with Gasteiger partial charge in [0, 0.05) is 6.54 Å². The van der Waals surface area contributed by atoms with Gasteiger partial charge in [0.15, 0.2) is 10.7 Å². The van der Waals surface area contributed by atoms with Gasteiger partial charge in [-0.15, -0.1) is 0 Å². The average Bonchev–Trinajstić information content (AvgIpc) is 2.38. The van der Waals surface area contributed by atoms with Crippen molar-refractivity contribution in [2.24, 2.45) is 5.73 Å². The molecule has 0 aromatic carbocycles. The van der Waals surface area contributed by atoms with Crippen LogP contribution in [0.25, 0.3) is 0 Å². The van der Waals surface area contributed by atoms with Crippen LogP contribution in [-0.4, -0.2) is 15.9 Å². The first-order chi connectivity index (χ1) is 4.67. The van der Waals surface area contributed by atoms with Gasteiger partial charge >= 0.3 is 0 Å². The predicted molar refractivity (Wildman–Crippen MR) is 37.4 cm³/mol. The normalized spacial score (nSPS) is 16.7. The van der Waals surface area contributed by atoms with Gasteiger partial charge in [-0.05, 0) is 18.5 Å². The van der Waals surface area contributed by atoms with Gasteiger partial charge in [-0.1, -0.05) is 0 Å². The minimum Gasteiger partial charge on any atom is -0.327 e. The highest BCUT2D eigenvalue weighted by Gasteiger charge is 2.26. The quantitative estimate of drug-likeness (QED) is 0.694. The number of aromatic nitrogens is 2. The molecule has 56 valence electrons. The van der Waals surface area contributed by atoms with Crippen molar-refractivity contribution < 1.29 is 4.39 Å². The smallest absolute Gasteiger partial charge is 0.173 e. The molecule has 0 radical (unpaired) electrons. The van der Waals surface area contributed by atoms with E-state index in [9.17, 15) is 4.39 Å². The average molecular weight is 161 g/mol. The molecule has 0 aliphatic heterocycles. The monoisotopic (exact) mass is 161 g/mol. The van der Waals surface area contributed by atoms with E-state index in [0.29, 0.717) is 5.01 Å². The Kier molecular flexibility index (Phi) is 1.96. The summed E-state index contributed by atoms with van der Waals surface area (Å²) < 4.78 is 16.8. The van der Waals surface area contributed by atoms with Gasteiger partial charge in [-0.25, -0.2) is 9.37 Å². The second-order valence-corrected chi connectivity index (χ2v) is 2.93. The third-order valence-corrected chi connectivity index (χ3v) is 2.09. The Balaban J connectivity index is 2.85. The van der Waals surface area contributed by atoms with Crippen molar-refractivity contribution in [3.63, 3.8) is 0 Å². The third kappa shape index (κ3) is 1.30. The summed E-state index contributed by atoms with van der Waals surface area (Å²) in [5.41, 5.74) is 3.65. The first kappa shape index (κ1) is 7.56. The zero-order valence-electron chi connectivity index (χ0n) is 5.54. The van der Waals surface area contributed by atoms with Gasteiger partial charge in [-0.2, -0.15) is 4.37 Å². The Morgan fingerprint density at radius 3 is 3.00 bits per heavy atom. The predicted octanol–water partition coefficient (Wildman–Crippen LogP) is 0.682. The molecule has 3 nitrogen and oxygen atoms in total. The van der Waals surface area contributed by atoms with E-state index in [1.807, 2.05) is 0 Å². The lowest BCUT2D eigenvalue weighted by molar-refractivity contribution is 0.203. The molecular weight excluding hydrogens is 153 g/mol. The van der Waals surface area contributed by atoms with Crippen LogP contribution < -0.4 is 5.73 Å². The second-order valence-electron chi connectivity index (χ2n) is 2.15. The molecule has 1 heterocycles. The van der Waals surface area contributed by atoms with Crippen LogP contribution in [-0.2, 0) is 5.67 Å². The van der Waals surface area contributed by atoms with Crippen LogP contribution in [0.3, 0.4) is 0 Å². The minimum atomic E-state index is -1.51. The second kappa shape index (κ2) is 2.59. The van der Waals surface area contributed by atoms with Crippen LogP contribution in [0.1, 0.15) is 11.9 Å². The van der Waals surface area contributed by atoms with Gasteiger partial charge in [-0.3, -0.25) is 0 Å². The Labute approximate surface area is 62.3 Å². The van der Waals surface area contributed by atoms with Crippen LogP contribution in [0.5, 0.6) is 0 Å². The molecule has 0 bridgehead atoms. The van der Waals surface area contributed by atoms with Crippen LogP contribution in [0.2, 0.25) is 0 Å². The maximum absolute atomic E-state index is 13.2. The Morgan fingerprint density at radius 1 is 1.90 bits per heavy atom. The molecule has 0 spiro atoms. The fourth-order valence-corrected chi connectivity index (χ4v) is 1.05. The van der Waals surface area contributed by atoms with E-state index in [1.165, 1.54) is 13.3 Å². The van der Waals surface area contributed by atoms with Crippen LogP contribution in [0.4, 0.5) is 4.39 Å². The number of halogens is 1.